The van der Waals surface area contributed by atoms with Crippen LogP contribution in [0.5, 0.6) is 0 Å². The van der Waals surface area contributed by atoms with Crippen LogP contribution in [0.2, 0.25) is 5.02 Å². The van der Waals surface area contributed by atoms with E-state index in [-0.39, 0.29) is 10.6 Å². The number of halogens is 1. The van der Waals surface area contributed by atoms with Crippen molar-refractivity contribution in [3.63, 3.8) is 0 Å². The monoisotopic (exact) mass is 286 g/mol. The highest BCUT2D eigenvalue weighted by molar-refractivity contribution is 6.32. The number of nitrogens with one attached hydrogen (secondary N) is 1. The average molecular weight is 287 g/mol. The minimum atomic E-state index is -0.246. The molecule has 0 amide bonds. The van der Waals surface area contributed by atoms with Crippen LogP contribution >= 0.6 is 11.6 Å². The highest BCUT2D eigenvalue weighted by Crippen LogP contribution is 2.14. The van der Waals surface area contributed by atoms with Crippen LogP contribution in [0.3, 0.4) is 0 Å². The van der Waals surface area contributed by atoms with Crippen molar-refractivity contribution in [3.05, 3.63) is 21.6 Å². The van der Waals surface area contributed by atoms with E-state index >= 15 is 0 Å². The number of hydrogen-bond donors (Lipinski definition) is 1. The molecule has 0 aliphatic carbocycles. The van der Waals surface area contributed by atoms with Crippen LogP contribution in [0.15, 0.2) is 11.0 Å². The summed E-state index contributed by atoms with van der Waals surface area (Å²) >= 11 is 6.03. The Balaban J connectivity index is 2.60. The summed E-state index contributed by atoms with van der Waals surface area (Å²) in [5.74, 6) is 0. The Bertz CT molecular complexity index is 460. The summed E-state index contributed by atoms with van der Waals surface area (Å²) in [6.45, 7) is 8.37. The van der Waals surface area contributed by atoms with E-state index in [2.05, 4.69) is 36.2 Å². The fourth-order valence-corrected chi connectivity index (χ4v) is 1.93. The lowest BCUT2D eigenvalue weighted by Gasteiger charge is -2.23. The molecular weight excluding hydrogens is 264 g/mol. The summed E-state index contributed by atoms with van der Waals surface area (Å²) in [6.07, 6.45) is 2.72. The summed E-state index contributed by atoms with van der Waals surface area (Å²) in [7, 11) is 2.09. The molecule has 0 bridgehead atoms. The molecule has 5 nitrogen and oxygen atoms in total. The Hall–Kier alpha value is -1.07. The third-order valence-corrected chi connectivity index (χ3v) is 3.77. The molecule has 0 aromatic carbocycles. The number of aromatic nitrogens is 2. The first-order chi connectivity index (χ1) is 9.01. The van der Waals surface area contributed by atoms with Crippen molar-refractivity contribution >= 4 is 17.3 Å². The minimum absolute atomic E-state index is 0.211. The van der Waals surface area contributed by atoms with Crippen molar-refractivity contribution in [2.24, 2.45) is 0 Å². The summed E-state index contributed by atoms with van der Waals surface area (Å²) < 4.78 is 1.35. The van der Waals surface area contributed by atoms with Crippen molar-refractivity contribution < 1.29 is 0 Å². The third kappa shape index (κ3) is 4.21. The zero-order chi connectivity index (χ0) is 14.4. The number of rotatable bonds is 7. The van der Waals surface area contributed by atoms with E-state index in [1.807, 2.05) is 6.92 Å². The maximum atomic E-state index is 11.8. The Morgan fingerprint density at radius 3 is 2.79 bits per heavy atom. The molecule has 0 spiro atoms. The lowest BCUT2D eigenvalue weighted by Crippen LogP contribution is -2.33. The SMILES string of the molecule is CCC(C)N(C)CCNc1cnn(CC)c(=O)c1Cl. The van der Waals surface area contributed by atoms with Crippen LogP contribution in [-0.2, 0) is 6.54 Å². The van der Waals surface area contributed by atoms with Gasteiger partial charge in [-0.2, -0.15) is 5.10 Å². The van der Waals surface area contributed by atoms with E-state index in [1.54, 1.807) is 6.20 Å². The lowest BCUT2D eigenvalue weighted by molar-refractivity contribution is 0.261. The standard InChI is InChI=1S/C13H23ClN4O/c1-5-10(3)17(4)8-7-15-11-9-16-18(6-2)13(19)12(11)14/h9-10,15H,5-8H2,1-4H3. The number of hydrogen-bond acceptors (Lipinski definition) is 4. The molecule has 1 N–H and O–H groups in total. The summed E-state index contributed by atoms with van der Waals surface area (Å²) in [5, 5.41) is 7.43. The van der Waals surface area contributed by atoms with E-state index in [9.17, 15) is 4.79 Å². The molecule has 0 fully saturated rings. The van der Waals surface area contributed by atoms with Crippen molar-refractivity contribution in [1.82, 2.24) is 14.7 Å². The van der Waals surface area contributed by atoms with Gasteiger partial charge in [0.15, 0.2) is 0 Å². The Morgan fingerprint density at radius 2 is 2.21 bits per heavy atom. The molecule has 1 unspecified atom stereocenters. The van der Waals surface area contributed by atoms with Crippen LogP contribution in [0.1, 0.15) is 27.2 Å². The molecule has 1 atom stereocenters. The first-order valence-electron chi connectivity index (χ1n) is 6.70. The van der Waals surface area contributed by atoms with E-state index < -0.39 is 0 Å². The molecular formula is C13H23ClN4O. The van der Waals surface area contributed by atoms with E-state index in [1.165, 1.54) is 4.68 Å². The van der Waals surface area contributed by atoms with E-state index in [4.69, 9.17) is 11.6 Å². The molecule has 0 aliphatic rings. The van der Waals surface area contributed by atoms with Gasteiger partial charge in [-0.05, 0) is 27.3 Å². The zero-order valence-electron chi connectivity index (χ0n) is 12.1. The molecule has 108 valence electrons. The summed E-state index contributed by atoms with van der Waals surface area (Å²) in [4.78, 5) is 14.1. The van der Waals surface area contributed by atoms with Gasteiger partial charge in [0.1, 0.15) is 5.02 Å². The second kappa shape index (κ2) is 7.50. The molecule has 1 aromatic rings. The largest absolute Gasteiger partial charge is 0.381 e. The number of anilines is 1. The number of aryl methyl sites for hydroxylation is 1. The molecule has 1 rings (SSSR count). The fourth-order valence-electron chi connectivity index (χ4n) is 1.71. The van der Waals surface area contributed by atoms with Crippen molar-refractivity contribution in [2.75, 3.05) is 25.5 Å². The maximum Gasteiger partial charge on any atom is 0.287 e. The van der Waals surface area contributed by atoms with Gasteiger partial charge in [-0.1, -0.05) is 18.5 Å². The van der Waals surface area contributed by atoms with Gasteiger partial charge in [0.25, 0.3) is 5.56 Å². The quantitative estimate of drug-likeness (QED) is 0.834. The second-order valence-electron chi connectivity index (χ2n) is 4.66. The van der Waals surface area contributed by atoms with Gasteiger partial charge in [0.05, 0.1) is 11.9 Å². The molecule has 0 radical (unpaired) electrons. The Kier molecular flexibility index (Phi) is 6.31. The van der Waals surface area contributed by atoms with Crippen LogP contribution in [0.25, 0.3) is 0 Å². The van der Waals surface area contributed by atoms with Gasteiger partial charge in [-0.3, -0.25) is 4.79 Å². The van der Waals surface area contributed by atoms with Gasteiger partial charge in [0, 0.05) is 25.7 Å². The maximum absolute atomic E-state index is 11.8. The Morgan fingerprint density at radius 1 is 1.53 bits per heavy atom. The predicted molar refractivity (Wildman–Crippen MR) is 80.1 cm³/mol. The number of likely N-dealkylation sites (N-methyl/N-ethyl adjacent to an activating group) is 1. The molecule has 0 saturated heterocycles. The van der Waals surface area contributed by atoms with Gasteiger partial charge in [0.2, 0.25) is 0 Å². The van der Waals surface area contributed by atoms with Crippen molar-refractivity contribution in [2.45, 2.75) is 39.8 Å². The molecule has 1 heterocycles. The van der Waals surface area contributed by atoms with Crippen LogP contribution in [0.4, 0.5) is 5.69 Å². The topological polar surface area (TPSA) is 50.2 Å². The first kappa shape index (κ1) is 16.0. The molecule has 6 heteroatoms. The minimum Gasteiger partial charge on any atom is -0.381 e. The van der Waals surface area contributed by atoms with Crippen molar-refractivity contribution in [3.8, 4) is 0 Å². The fraction of sp³-hybridized carbons (Fsp3) is 0.692. The molecule has 19 heavy (non-hydrogen) atoms. The van der Waals surface area contributed by atoms with E-state index in [0.717, 1.165) is 19.5 Å². The van der Waals surface area contributed by atoms with Crippen LogP contribution < -0.4 is 10.9 Å². The highest BCUT2D eigenvalue weighted by Gasteiger charge is 2.09. The first-order valence-corrected chi connectivity index (χ1v) is 7.08. The van der Waals surface area contributed by atoms with Gasteiger partial charge in [-0.25, -0.2) is 4.68 Å². The van der Waals surface area contributed by atoms with Crippen molar-refractivity contribution in [1.29, 1.82) is 0 Å². The molecule has 1 aromatic heterocycles. The second-order valence-corrected chi connectivity index (χ2v) is 5.04. The van der Waals surface area contributed by atoms with Crippen LogP contribution in [-0.4, -0.2) is 40.9 Å². The van der Waals surface area contributed by atoms with Gasteiger partial charge >= 0.3 is 0 Å². The smallest absolute Gasteiger partial charge is 0.287 e. The molecule has 0 aliphatic heterocycles. The highest BCUT2D eigenvalue weighted by atomic mass is 35.5. The predicted octanol–water partition coefficient (Wildman–Crippen LogP) is 2.06. The number of nitrogens with zero attached hydrogens (tertiary/aromatic N) is 3. The third-order valence-electron chi connectivity index (χ3n) is 3.41. The lowest BCUT2D eigenvalue weighted by atomic mass is 10.2. The zero-order valence-corrected chi connectivity index (χ0v) is 12.9. The Labute approximate surface area is 119 Å². The van der Waals surface area contributed by atoms with Gasteiger partial charge in [-0.15, -0.1) is 0 Å². The van der Waals surface area contributed by atoms with E-state index in [0.29, 0.717) is 18.3 Å². The molecule has 0 saturated carbocycles. The summed E-state index contributed by atoms with van der Waals surface area (Å²) in [6, 6.07) is 0.545. The van der Waals surface area contributed by atoms with Gasteiger partial charge < -0.3 is 10.2 Å². The normalized spacial score (nSPS) is 12.7. The summed E-state index contributed by atoms with van der Waals surface area (Å²) in [5.41, 5.74) is 0.360. The average Bonchev–Trinajstić information content (AvgIpc) is 2.42. The van der Waals surface area contributed by atoms with Crippen LogP contribution in [0, 0.1) is 0 Å².